The molecule has 0 spiro atoms. The molecule has 0 fully saturated rings. The summed E-state index contributed by atoms with van der Waals surface area (Å²) in [6, 6.07) is 7.17. The van der Waals surface area contributed by atoms with E-state index in [9.17, 15) is 4.79 Å². The number of amides is 1. The van der Waals surface area contributed by atoms with Gasteiger partial charge in [-0.3, -0.25) is 4.79 Å². The summed E-state index contributed by atoms with van der Waals surface area (Å²) in [5, 5.41) is 2.95. The Morgan fingerprint density at radius 3 is 2.75 bits per heavy atom. The highest BCUT2D eigenvalue weighted by Gasteiger charge is 2.31. The molecule has 1 aliphatic rings. The Morgan fingerprint density at radius 1 is 1.16 bits per heavy atom. The maximum Gasteiger partial charge on any atom is 0.277 e. The highest BCUT2D eigenvalue weighted by Crippen LogP contribution is 2.41. The molecule has 9 heteroatoms. The average molecular weight is 428 g/mol. The van der Waals surface area contributed by atoms with Gasteiger partial charge < -0.3 is 20.2 Å². The number of nitrogens with zero attached hydrogens (tertiary/aromatic N) is 4. The van der Waals surface area contributed by atoms with E-state index in [2.05, 4.69) is 25.3 Å². The first-order chi connectivity index (χ1) is 15.4. The van der Waals surface area contributed by atoms with Crippen molar-refractivity contribution in [3.05, 3.63) is 66.7 Å². The molecule has 160 valence electrons. The molecule has 4 aromatic rings. The Balaban J connectivity index is 1.48. The lowest BCUT2D eigenvalue weighted by Crippen LogP contribution is -2.24. The number of pyridine rings is 1. The van der Waals surface area contributed by atoms with Gasteiger partial charge in [0.15, 0.2) is 5.69 Å². The Morgan fingerprint density at radius 2 is 1.97 bits per heavy atom. The number of ether oxygens (including phenoxy) is 1. The number of aromatic nitrogens is 4. The number of benzene rings is 1. The summed E-state index contributed by atoms with van der Waals surface area (Å²) in [7, 11) is 0. The fourth-order valence-corrected chi connectivity index (χ4v) is 3.71. The standard InChI is InChI=1S/C23H20N6O3/c1-23(2)8-14-5-17(16(7-19(14)32-23)15-9-25-12-26-10-15)28-21(30)18-11-31-22(29-18)13-3-4-27-20(24)6-13/h3-7,9-12H,8H2,1-2H3,(H2,24,27)(H,28,30). The number of carbonyl (C=O) groups excluding carboxylic acids is 1. The predicted octanol–water partition coefficient (Wildman–Crippen LogP) is 3.74. The fourth-order valence-electron chi connectivity index (χ4n) is 3.71. The Kier molecular flexibility index (Phi) is 4.58. The summed E-state index contributed by atoms with van der Waals surface area (Å²) >= 11 is 0. The lowest BCUT2D eigenvalue weighted by molar-refractivity contribution is 0.102. The van der Waals surface area contributed by atoms with Gasteiger partial charge in [0.25, 0.3) is 5.91 Å². The fraction of sp³-hybridized carbons (Fsp3) is 0.174. The molecule has 4 heterocycles. The van der Waals surface area contributed by atoms with E-state index in [1.165, 1.54) is 12.6 Å². The Labute approximate surface area is 183 Å². The van der Waals surface area contributed by atoms with Crippen LogP contribution in [0.4, 0.5) is 11.5 Å². The predicted molar refractivity (Wildman–Crippen MR) is 118 cm³/mol. The molecule has 1 aromatic carbocycles. The number of nitrogens with one attached hydrogen (secondary N) is 1. The van der Waals surface area contributed by atoms with E-state index in [0.29, 0.717) is 17.1 Å². The van der Waals surface area contributed by atoms with Crippen LogP contribution in [0, 0.1) is 0 Å². The number of fused-ring (bicyclic) bond motifs is 1. The van der Waals surface area contributed by atoms with Crippen molar-refractivity contribution in [2.45, 2.75) is 25.9 Å². The van der Waals surface area contributed by atoms with Crippen LogP contribution in [0.5, 0.6) is 5.75 Å². The molecule has 0 bridgehead atoms. The van der Waals surface area contributed by atoms with Crippen molar-refractivity contribution >= 4 is 17.4 Å². The third-order valence-electron chi connectivity index (χ3n) is 5.09. The number of anilines is 2. The molecule has 3 aromatic heterocycles. The monoisotopic (exact) mass is 428 g/mol. The van der Waals surface area contributed by atoms with Crippen LogP contribution in [0.3, 0.4) is 0 Å². The Bertz CT molecular complexity index is 1320. The molecular formula is C23H20N6O3. The van der Waals surface area contributed by atoms with Gasteiger partial charge in [-0.05, 0) is 38.1 Å². The zero-order valence-corrected chi connectivity index (χ0v) is 17.5. The number of hydrogen-bond acceptors (Lipinski definition) is 8. The lowest BCUT2D eigenvalue weighted by Gasteiger charge is -2.17. The van der Waals surface area contributed by atoms with Crippen molar-refractivity contribution < 1.29 is 13.9 Å². The molecule has 9 nitrogen and oxygen atoms in total. The molecule has 1 aliphatic heterocycles. The second-order valence-corrected chi connectivity index (χ2v) is 8.13. The number of nitrogen functional groups attached to an aromatic ring is 1. The van der Waals surface area contributed by atoms with Crippen LogP contribution in [-0.2, 0) is 6.42 Å². The molecule has 0 unspecified atom stereocenters. The molecule has 3 N–H and O–H groups in total. The molecule has 0 atom stereocenters. The zero-order valence-electron chi connectivity index (χ0n) is 17.5. The second-order valence-electron chi connectivity index (χ2n) is 8.13. The summed E-state index contributed by atoms with van der Waals surface area (Å²) in [6.45, 7) is 4.05. The van der Waals surface area contributed by atoms with Gasteiger partial charge in [-0.15, -0.1) is 0 Å². The maximum absolute atomic E-state index is 13.0. The van der Waals surface area contributed by atoms with Gasteiger partial charge in [0.05, 0.1) is 0 Å². The van der Waals surface area contributed by atoms with Crippen molar-refractivity contribution in [2.75, 3.05) is 11.1 Å². The van der Waals surface area contributed by atoms with Crippen molar-refractivity contribution in [3.8, 4) is 28.3 Å². The number of oxazole rings is 1. The molecule has 0 saturated carbocycles. The van der Waals surface area contributed by atoms with Crippen LogP contribution < -0.4 is 15.8 Å². The third kappa shape index (κ3) is 3.76. The molecule has 32 heavy (non-hydrogen) atoms. The van der Waals surface area contributed by atoms with Crippen LogP contribution in [0.2, 0.25) is 0 Å². The van der Waals surface area contributed by atoms with Gasteiger partial charge in [0, 0.05) is 53.0 Å². The smallest absolute Gasteiger partial charge is 0.277 e. The topological polar surface area (TPSA) is 129 Å². The van der Waals surface area contributed by atoms with Crippen molar-refractivity contribution in [3.63, 3.8) is 0 Å². The summed E-state index contributed by atoms with van der Waals surface area (Å²) < 4.78 is 11.6. The van der Waals surface area contributed by atoms with Crippen molar-refractivity contribution in [2.24, 2.45) is 0 Å². The minimum Gasteiger partial charge on any atom is -0.487 e. The van der Waals surface area contributed by atoms with Crippen molar-refractivity contribution in [1.29, 1.82) is 0 Å². The number of carbonyl (C=O) groups is 1. The zero-order chi connectivity index (χ0) is 22.3. The third-order valence-corrected chi connectivity index (χ3v) is 5.09. The van der Waals surface area contributed by atoms with E-state index in [1.54, 1.807) is 30.7 Å². The molecule has 0 aliphatic carbocycles. The van der Waals surface area contributed by atoms with Crippen LogP contribution in [-0.4, -0.2) is 31.4 Å². The van der Waals surface area contributed by atoms with E-state index in [0.717, 1.165) is 28.9 Å². The summed E-state index contributed by atoms with van der Waals surface area (Å²) in [4.78, 5) is 29.5. The van der Waals surface area contributed by atoms with Gasteiger partial charge in [-0.2, -0.15) is 0 Å². The van der Waals surface area contributed by atoms with Crippen LogP contribution in [0.25, 0.3) is 22.6 Å². The first-order valence-electron chi connectivity index (χ1n) is 9.98. The normalized spacial score (nSPS) is 13.9. The minimum absolute atomic E-state index is 0.141. The molecule has 5 rings (SSSR count). The van der Waals surface area contributed by atoms with E-state index in [-0.39, 0.29) is 17.2 Å². The summed E-state index contributed by atoms with van der Waals surface area (Å²) in [6.07, 6.45) is 8.42. The maximum atomic E-state index is 13.0. The van der Waals surface area contributed by atoms with Crippen LogP contribution in [0.1, 0.15) is 29.9 Å². The number of rotatable bonds is 4. The SMILES string of the molecule is CC1(C)Cc2cc(NC(=O)c3coc(-c4ccnc(N)c4)n3)c(-c3cncnc3)cc2O1. The van der Waals surface area contributed by atoms with Gasteiger partial charge in [0.1, 0.15) is 29.8 Å². The van der Waals surface area contributed by atoms with Gasteiger partial charge in [0.2, 0.25) is 5.89 Å². The van der Waals surface area contributed by atoms with E-state index in [4.69, 9.17) is 14.9 Å². The highest BCUT2D eigenvalue weighted by molar-refractivity contribution is 6.05. The van der Waals surface area contributed by atoms with Crippen molar-refractivity contribution in [1.82, 2.24) is 19.9 Å². The number of nitrogens with two attached hydrogens (primary N) is 1. The van der Waals surface area contributed by atoms with E-state index < -0.39 is 5.91 Å². The van der Waals surface area contributed by atoms with Crippen LogP contribution in [0.15, 0.2) is 59.9 Å². The van der Waals surface area contributed by atoms with Crippen LogP contribution >= 0.6 is 0 Å². The first-order valence-corrected chi connectivity index (χ1v) is 9.98. The largest absolute Gasteiger partial charge is 0.487 e. The average Bonchev–Trinajstić information content (AvgIpc) is 3.37. The van der Waals surface area contributed by atoms with Gasteiger partial charge >= 0.3 is 0 Å². The van der Waals surface area contributed by atoms with Gasteiger partial charge in [-0.1, -0.05) is 0 Å². The van der Waals surface area contributed by atoms with E-state index in [1.807, 2.05) is 26.0 Å². The Hall–Kier alpha value is -4.27. The molecular weight excluding hydrogens is 408 g/mol. The quantitative estimate of drug-likeness (QED) is 0.503. The van der Waals surface area contributed by atoms with E-state index >= 15 is 0 Å². The summed E-state index contributed by atoms with van der Waals surface area (Å²) in [5.41, 5.74) is 9.31. The van der Waals surface area contributed by atoms with Gasteiger partial charge in [-0.25, -0.2) is 19.9 Å². The second kappa shape index (κ2) is 7.45. The molecule has 0 radical (unpaired) electrons. The highest BCUT2D eigenvalue weighted by atomic mass is 16.5. The molecule has 0 saturated heterocycles. The minimum atomic E-state index is -0.404. The number of hydrogen-bond donors (Lipinski definition) is 2. The molecule has 1 amide bonds. The summed E-state index contributed by atoms with van der Waals surface area (Å²) in [5.74, 6) is 0.999. The lowest BCUT2D eigenvalue weighted by atomic mass is 9.98. The first kappa shape index (κ1) is 19.7.